The lowest BCUT2D eigenvalue weighted by molar-refractivity contribution is 0.0759. The topological polar surface area (TPSA) is 27.0 Å². The van der Waals surface area contributed by atoms with Crippen LogP contribution in [-0.4, -0.2) is 24.0 Å². The SMILES string of the molecule is CCCC[C@]1(C#N)CC[C@H](N2CCC(CCC)CC2)CC1. The van der Waals surface area contributed by atoms with E-state index in [9.17, 15) is 5.26 Å². The van der Waals surface area contributed by atoms with Crippen molar-refractivity contribution in [1.82, 2.24) is 4.90 Å². The highest BCUT2D eigenvalue weighted by Gasteiger charge is 2.37. The molecule has 1 aliphatic heterocycles. The van der Waals surface area contributed by atoms with Gasteiger partial charge in [-0.25, -0.2) is 0 Å². The lowest BCUT2D eigenvalue weighted by atomic mass is 9.70. The van der Waals surface area contributed by atoms with Crippen molar-refractivity contribution in [2.75, 3.05) is 13.1 Å². The van der Waals surface area contributed by atoms with Gasteiger partial charge < -0.3 is 4.90 Å². The van der Waals surface area contributed by atoms with Crippen molar-refractivity contribution in [3.63, 3.8) is 0 Å². The Bertz CT molecular complexity index is 328. The third-order valence-electron chi connectivity index (χ3n) is 6.02. The molecule has 2 aliphatic rings. The predicted octanol–water partition coefficient (Wildman–Crippen LogP) is 5.14. The Hall–Kier alpha value is -0.550. The molecule has 0 aromatic rings. The second-order valence-corrected chi connectivity index (χ2v) is 7.49. The summed E-state index contributed by atoms with van der Waals surface area (Å²) in [6.45, 7) is 7.16. The number of nitrogens with zero attached hydrogens (tertiary/aromatic N) is 2. The molecule has 0 bridgehead atoms. The van der Waals surface area contributed by atoms with Crippen LogP contribution in [0.1, 0.15) is 84.5 Å². The summed E-state index contributed by atoms with van der Waals surface area (Å²) in [5.41, 5.74) is 0.0209. The van der Waals surface area contributed by atoms with Crippen molar-refractivity contribution in [3.05, 3.63) is 0 Å². The molecule has 2 rings (SSSR count). The molecule has 1 aliphatic carbocycles. The third-order valence-corrected chi connectivity index (χ3v) is 6.02. The number of likely N-dealkylation sites (tertiary alicyclic amines) is 1. The zero-order valence-corrected chi connectivity index (χ0v) is 14.2. The average molecular weight is 290 g/mol. The summed E-state index contributed by atoms with van der Waals surface area (Å²) in [6.07, 6.45) is 14.0. The average Bonchev–Trinajstić information content (AvgIpc) is 2.55. The van der Waals surface area contributed by atoms with E-state index in [1.165, 1.54) is 64.5 Å². The van der Waals surface area contributed by atoms with Gasteiger partial charge in [-0.3, -0.25) is 0 Å². The maximum atomic E-state index is 9.59. The van der Waals surface area contributed by atoms with E-state index < -0.39 is 0 Å². The molecule has 1 heterocycles. The summed E-state index contributed by atoms with van der Waals surface area (Å²) in [6, 6.07) is 3.45. The van der Waals surface area contributed by atoms with Crippen LogP contribution in [0.15, 0.2) is 0 Å². The third kappa shape index (κ3) is 4.46. The van der Waals surface area contributed by atoms with Crippen molar-refractivity contribution < 1.29 is 0 Å². The number of piperidine rings is 1. The highest BCUT2D eigenvalue weighted by molar-refractivity contribution is 5.02. The van der Waals surface area contributed by atoms with Gasteiger partial charge in [0.2, 0.25) is 0 Å². The van der Waals surface area contributed by atoms with Crippen LogP contribution >= 0.6 is 0 Å². The minimum absolute atomic E-state index is 0.0209. The molecule has 0 radical (unpaired) electrons. The Kier molecular flexibility index (Phi) is 6.55. The van der Waals surface area contributed by atoms with Crippen LogP contribution < -0.4 is 0 Å². The number of hydrogen-bond donors (Lipinski definition) is 0. The van der Waals surface area contributed by atoms with E-state index in [4.69, 9.17) is 0 Å². The zero-order valence-electron chi connectivity index (χ0n) is 14.2. The van der Waals surface area contributed by atoms with Gasteiger partial charge in [-0.1, -0.05) is 39.5 Å². The van der Waals surface area contributed by atoms with E-state index in [-0.39, 0.29) is 5.41 Å². The lowest BCUT2D eigenvalue weighted by Crippen LogP contribution is -2.44. The maximum Gasteiger partial charge on any atom is 0.0689 e. The van der Waals surface area contributed by atoms with E-state index in [0.29, 0.717) is 0 Å². The largest absolute Gasteiger partial charge is 0.300 e. The van der Waals surface area contributed by atoms with E-state index in [2.05, 4.69) is 24.8 Å². The second kappa shape index (κ2) is 8.18. The highest BCUT2D eigenvalue weighted by Crippen LogP contribution is 2.42. The molecule has 2 fully saturated rings. The van der Waals surface area contributed by atoms with Crippen molar-refractivity contribution in [2.24, 2.45) is 11.3 Å². The maximum absolute atomic E-state index is 9.59. The molecule has 2 nitrogen and oxygen atoms in total. The summed E-state index contributed by atoms with van der Waals surface area (Å²) < 4.78 is 0. The molecule has 0 unspecified atom stereocenters. The summed E-state index contributed by atoms with van der Waals surface area (Å²) in [5, 5.41) is 9.59. The van der Waals surface area contributed by atoms with Crippen LogP contribution in [0.4, 0.5) is 0 Å². The predicted molar refractivity (Wildman–Crippen MR) is 89.0 cm³/mol. The van der Waals surface area contributed by atoms with Crippen LogP contribution in [0, 0.1) is 22.7 Å². The Morgan fingerprint density at radius 2 is 1.71 bits per heavy atom. The minimum Gasteiger partial charge on any atom is -0.300 e. The number of nitriles is 1. The molecule has 0 spiro atoms. The second-order valence-electron chi connectivity index (χ2n) is 7.49. The molecule has 2 heteroatoms. The molecule has 0 N–H and O–H groups in total. The molecule has 1 saturated carbocycles. The van der Waals surface area contributed by atoms with Gasteiger partial charge in [-0.15, -0.1) is 0 Å². The van der Waals surface area contributed by atoms with E-state index >= 15 is 0 Å². The Morgan fingerprint density at radius 3 is 2.24 bits per heavy atom. The first kappa shape index (κ1) is 16.8. The van der Waals surface area contributed by atoms with Crippen molar-refractivity contribution in [1.29, 1.82) is 5.26 Å². The first-order valence-electron chi connectivity index (χ1n) is 9.38. The lowest BCUT2D eigenvalue weighted by Gasteiger charge is -2.43. The molecule has 120 valence electrons. The molecule has 0 aromatic carbocycles. The van der Waals surface area contributed by atoms with Crippen LogP contribution in [0.25, 0.3) is 0 Å². The van der Waals surface area contributed by atoms with Gasteiger partial charge in [0.15, 0.2) is 0 Å². The minimum atomic E-state index is 0.0209. The molecular formula is C19H34N2. The molecular weight excluding hydrogens is 256 g/mol. The van der Waals surface area contributed by atoms with Crippen LogP contribution in [-0.2, 0) is 0 Å². The van der Waals surface area contributed by atoms with E-state index in [0.717, 1.165) is 31.2 Å². The number of unbranched alkanes of at least 4 members (excludes halogenated alkanes) is 1. The van der Waals surface area contributed by atoms with E-state index in [1.807, 2.05) is 0 Å². The first-order valence-corrected chi connectivity index (χ1v) is 9.38. The molecule has 1 saturated heterocycles. The fourth-order valence-corrected chi connectivity index (χ4v) is 4.47. The summed E-state index contributed by atoms with van der Waals surface area (Å²) >= 11 is 0. The van der Waals surface area contributed by atoms with Gasteiger partial charge in [0, 0.05) is 6.04 Å². The first-order chi connectivity index (χ1) is 10.2. The smallest absolute Gasteiger partial charge is 0.0689 e. The number of rotatable bonds is 6. The van der Waals surface area contributed by atoms with Gasteiger partial charge in [0.25, 0.3) is 0 Å². The van der Waals surface area contributed by atoms with Gasteiger partial charge >= 0.3 is 0 Å². The van der Waals surface area contributed by atoms with Crippen molar-refractivity contribution >= 4 is 0 Å². The molecule has 0 atom stereocenters. The quantitative estimate of drug-likeness (QED) is 0.677. The van der Waals surface area contributed by atoms with Crippen LogP contribution in [0.2, 0.25) is 0 Å². The highest BCUT2D eigenvalue weighted by atomic mass is 15.2. The van der Waals surface area contributed by atoms with Gasteiger partial charge in [-0.2, -0.15) is 5.26 Å². The summed E-state index contributed by atoms with van der Waals surface area (Å²) in [4.78, 5) is 2.74. The Labute approximate surface area is 131 Å². The van der Waals surface area contributed by atoms with E-state index in [1.54, 1.807) is 0 Å². The van der Waals surface area contributed by atoms with Crippen molar-refractivity contribution in [2.45, 2.75) is 90.5 Å². The van der Waals surface area contributed by atoms with Crippen molar-refractivity contribution in [3.8, 4) is 6.07 Å². The monoisotopic (exact) mass is 290 g/mol. The summed E-state index contributed by atoms with van der Waals surface area (Å²) in [5.74, 6) is 0.984. The van der Waals surface area contributed by atoms with Gasteiger partial charge in [0.05, 0.1) is 11.5 Å². The fraction of sp³-hybridized carbons (Fsp3) is 0.947. The summed E-state index contributed by atoms with van der Waals surface area (Å²) in [7, 11) is 0. The van der Waals surface area contributed by atoms with Crippen LogP contribution in [0.5, 0.6) is 0 Å². The molecule has 21 heavy (non-hydrogen) atoms. The Morgan fingerprint density at radius 1 is 1.05 bits per heavy atom. The van der Waals surface area contributed by atoms with Gasteiger partial charge in [0.1, 0.15) is 0 Å². The Balaban J connectivity index is 1.78. The number of hydrogen-bond acceptors (Lipinski definition) is 2. The fourth-order valence-electron chi connectivity index (χ4n) is 4.47. The standard InChI is InChI=1S/C19H34N2/c1-3-5-11-19(16-20)12-7-18(8-13-19)21-14-9-17(6-4-2)10-15-21/h17-18H,3-15H2,1-2H3/t18-,19-. The van der Waals surface area contributed by atoms with Gasteiger partial charge in [-0.05, 0) is 64.0 Å². The van der Waals surface area contributed by atoms with Crippen LogP contribution in [0.3, 0.4) is 0 Å². The molecule has 0 aromatic heterocycles. The molecule has 0 amide bonds. The normalized spacial score (nSPS) is 32.0. The zero-order chi connectivity index (χ0) is 15.1.